The van der Waals surface area contributed by atoms with Crippen molar-refractivity contribution in [2.45, 2.75) is 11.4 Å². The molecule has 0 saturated carbocycles. The summed E-state index contributed by atoms with van der Waals surface area (Å²) in [6.07, 6.45) is 2.10. The van der Waals surface area contributed by atoms with Gasteiger partial charge in [0, 0.05) is 21.6 Å². The molecule has 1 aromatic heterocycles. The van der Waals surface area contributed by atoms with Gasteiger partial charge in [0.15, 0.2) is 0 Å². The summed E-state index contributed by atoms with van der Waals surface area (Å²) in [5.74, 6) is 1.04. The lowest BCUT2D eigenvalue weighted by Gasteiger charge is -2.03. The van der Waals surface area contributed by atoms with Gasteiger partial charge in [-0.2, -0.15) is 0 Å². The van der Waals surface area contributed by atoms with Gasteiger partial charge in [0.05, 0.1) is 17.9 Å². The maximum atomic E-state index is 5.08. The van der Waals surface area contributed by atoms with Crippen molar-refractivity contribution in [3.05, 3.63) is 84.4 Å². The lowest BCUT2D eigenvalue weighted by molar-refractivity contribution is 0.850. The third kappa shape index (κ3) is 2.39. The summed E-state index contributed by atoms with van der Waals surface area (Å²) >= 11 is 1.76. The van der Waals surface area contributed by atoms with Crippen molar-refractivity contribution in [1.82, 2.24) is 9.55 Å². The first kappa shape index (κ1) is 15.5. The highest BCUT2D eigenvalue weighted by molar-refractivity contribution is 7.98. The minimum absolute atomic E-state index is 0.881. The van der Waals surface area contributed by atoms with Gasteiger partial charge < -0.3 is 4.57 Å². The topological polar surface area (TPSA) is 17.8 Å². The Balaban J connectivity index is 1.75. The van der Waals surface area contributed by atoms with Gasteiger partial charge in [-0.25, -0.2) is 4.98 Å². The molecule has 3 heteroatoms. The molecule has 3 aromatic carbocycles. The second-order valence-electron chi connectivity index (χ2n) is 6.47. The average molecular weight is 354 g/mol. The zero-order chi connectivity index (χ0) is 17.5. The molecule has 1 aliphatic rings. The molecule has 0 atom stereocenters. The van der Waals surface area contributed by atoms with Crippen molar-refractivity contribution in [1.29, 1.82) is 0 Å². The maximum Gasteiger partial charge on any atom is 0.141 e. The molecule has 0 N–H and O–H groups in total. The molecule has 126 valence electrons. The lowest BCUT2D eigenvalue weighted by atomic mass is 10.0. The van der Waals surface area contributed by atoms with Crippen molar-refractivity contribution in [3.8, 4) is 33.9 Å². The van der Waals surface area contributed by atoms with Gasteiger partial charge in [-0.05, 0) is 24.0 Å². The van der Waals surface area contributed by atoms with Crippen LogP contribution in [-0.4, -0.2) is 15.8 Å². The highest BCUT2D eigenvalue weighted by Crippen LogP contribution is 2.42. The summed E-state index contributed by atoms with van der Waals surface area (Å²) in [6, 6.07) is 27.9. The molecule has 4 aromatic rings. The summed E-state index contributed by atoms with van der Waals surface area (Å²) in [4.78, 5) is 6.35. The Bertz CT molecular complexity index is 1080. The summed E-state index contributed by atoms with van der Waals surface area (Å²) in [5.41, 5.74) is 7.30. The van der Waals surface area contributed by atoms with Crippen molar-refractivity contribution in [2.75, 3.05) is 6.26 Å². The van der Waals surface area contributed by atoms with E-state index in [0.717, 1.165) is 23.6 Å². The van der Waals surface area contributed by atoms with Crippen LogP contribution in [0.25, 0.3) is 33.9 Å². The van der Waals surface area contributed by atoms with Crippen LogP contribution in [0.1, 0.15) is 5.56 Å². The molecule has 26 heavy (non-hydrogen) atoms. The van der Waals surface area contributed by atoms with E-state index in [9.17, 15) is 0 Å². The Morgan fingerprint density at radius 1 is 0.808 bits per heavy atom. The Morgan fingerprint density at radius 2 is 1.54 bits per heavy atom. The van der Waals surface area contributed by atoms with Crippen LogP contribution in [0.4, 0.5) is 0 Å². The first-order valence-corrected chi connectivity index (χ1v) is 9.96. The number of aromatic nitrogens is 2. The second-order valence-corrected chi connectivity index (χ2v) is 7.35. The van der Waals surface area contributed by atoms with E-state index in [2.05, 4.69) is 83.6 Å². The molecule has 2 heterocycles. The zero-order valence-corrected chi connectivity index (χ0v) is 15.3. The number of rotatable bonds is 3. The van der Waals surface area contributed by atoms with Gasteiger partial charge in [0.25, 0.3) is 0 Å². The highest BCUT2D eigenvalue weighted by atomic mass is 32.2. The highest BCUT2D eigenvalue weighted by Gasteiger charge is 2.27. The van der Waals surface area contributed by atoms with Crippen LogP contribution in [-0.2, 0) is 6.54 Å². The fourth-order valence-corrected chi connectivity index (χ4v) is 4.11. The smallest absolute Gasteiger partial charge is 0.141 e. The van der Waals surface area contributed by atoms with Gasteiger partial charge >= 0.3 is 0 Å². The first-order chi connectivity index (χ1) is 12.8. The molecule has 0 bridgehead atoms. The Kier molecular flexibility index (Phi) is 3.68. The number of benzene rings is 3. The van der Waals surface area contributed by atoms with E-state index in [-0.39, 0.29) is 0 Å². The van der Waals surface area contributed by atoms with Crippen molar-refractivity contribution >= 4 is 11.8 Å². The van der Waals surface area contributed by atoms with E-state index in [1.807, 2.05) is 6.07 Å². The van der Waals surface area contributed by atoms with Crippen LogP contribution in [0, 0.1) is 0 Å². The van der Waals surface area contributed by atoms with Crippen LogP contribution in [0.3, 0.4) is 0 Å². The number of hydrogen-bond donors (Lipinski definition) is 0. The Hall–Kier alpha value is -2.78. The monoisotopic (exact) mass is 354 g/mol. The molecule has 0 aliphatic carbocycles. The molecule has 0 saturated heterocycles. The molecule has 1 aliphatic heterocycles. The Labute approximate surface area is 157 Å². The van der Waals surface area contributed by atoms with Crippen LogP contribution < -0.4 is 0 Å². The fraction of sp³-hybridized carbons (Fsp3) is 0.0870. The summed E-state index contributed by atoms with van der Waals surface area (Å²) in [5, 5.41) is 0. The largest absolute Gasteiger partial charge is 0.319 e. The number of fused-ring (bicyclic) bond motifs is 3. The second kappa shape index (κ2) is 6.19. The maximum absolute atomic E-state index is 5.08. The summed E-state index contributed by atoms with van der Waals surface area (Å²) < 4.78 is 2.36. The molecule has 2 nitrogen and oxygen atoms in total. The van der Waals surface area contributed by atoms with Crippen molar-refractivity contribution in [3.63, 3.8) is 0 Å². The SMILES string of the molecule is CSc1ccc(-c2nc(-c3ccccc3)n3c2-c2ccccc2C3)cc1. The molecule has 0 fully saturated rings. The third-order valence-electron chi connectivity index (χ3n) is 4.96. The molecule has 0 unspecified atom stereocenters. The molecular weight excluding hydrogens is 336 g/mol. The molecule has 5 rings (SSSR count). The van der Waals surface area contributed by atoms with Gasteiger partial charge in [0.2, 0.25) is 0 Å². The van der Waals surface area contributed by atoms with Gasteiger partial charge in [0.1, 0.15) is 5.82 Å². The number of thioether (sulfide) groups is 1. The average Bonchev–Trinajstić information content (AvgIpc) is 3.26. The predicted octanol–water partition coefficient (Wildman–Crippen LogP) is 5.97. The normalized spacial score (nSPS) is 12.0. The quantitative estimate of drug-likeness (QED) is 0.372. The Morgan fingerprint density at radius 3 is 2.31 bits per heavy atom. The minimum atomic E-state index is 0.881. The van der Waals surface area contributed by atoms with E-state index >= 15 is 0 Å². The van der Waals surface area contributed by atoms with Crippen LogP contribution in [0.2, 0.25) is 0 Å². The summed E-state index contributed by atoms with van der Waals surface area (Å²) in [7, 11) is 0. The zero-order valence-electron chi connectivity index (χ0n) is 14.5. The lowest BCUT2D eigenvalue weighted by Crippen LogP contribution is -1.96. The van der Waals surface area contributed by atoms with Crippen LogP contribution in [0.5, 0.6) is 0 Å². The summed E-state index contributed by atoms with van der Waals surface area (Å²) in [6.45, 7) is 0.881. The van der Waals surface area contributed by atoms with Crippen LogP contribution >= 0.6 is 11.8 Å². The first-order valence-electron chi connectivity index (χ1n) is 8.74. The number of nitrogens with zero attached hydrogens (tertiary/aromatic N) is 2. The van der Waals surface area contributed by atoms with Gasteiger partial charge in [-0.1, -0.05) is 66.7 Å². The molecule has 0 amide bonds. The van der Waals surface area contributed by atoms with E-state index in [0.29, 0.717) is 0 Å². The number of hydrogen-bond acceptors (Lipinski definition) is 2. The molecule has 0 radical (unpaired) electrons. The standard InChI is InChI=1S/C23H18N2S/c1-26-19-13-11-16(12-14-19)21-22-20-10-6-5-9-18(20)15-25(22)23(24-21)17-7-3-2-4-8-17/h2-14H,15H2,1H3. The van der Waals surface area contributed by atoms with E-state index in [4.69, 9.17) is 4.98 Å². The molecule has 0 spiro atoms. The predicted molar refractivity (Wildman–Crippen MR) is 109 cm³/mol. The van der Waals surface area contributed by atoms with Crippen LogP contribution in [0.15, 0.2) is 83.8 Å². The van der Waals surface area contributed by atoms with E-state index < -0.39 is 0 Å². The van der Waals surface area contributed by atoms with E-state index in [1.54, 1.807) is 11.8 Å². The fourth-order valence-electron chi connectivity index (χ4n) is 3.70. The van der Waals surface area contributed by atoms with Crippen molar-refractivity contribution < 1.29 is 0 Å². The molecular formula is C23H18N2S. The third-order valence-corrected chi connectivity index (χ3v) is 5.71. The van der Waals surface area contributed by atoms with Gasteiger partial charge in [-0.3, -0.25) is 0 Å². The van der Waals surface area contributed by atoms with E-state index in [1.165, 1.54) is 27.3 Å². The van der Waals surface area contributed by atoms with Crippen molar-refractivity contribution in [2.24, 2.45) is 0 Å². The van der Waals surface area contributed by atoms with Gasteiger partial charge in [-0.15, -0.1) is 11.8 Å². The minimum Gasteiger partial charge on any atom is -0.319 e. The number of imidazole rings is 1.